The maximum absolute atomic E-state index is 13.2. The summed E-state index contributed by atoms with van der Waals surface area (Å²) >= 11 is 3.19. The smallest absolute Gasteiger partial charge is 0.270 e. The van der Waals surface area contributed by atoms with Crippen molar-refractivity contribution < 1.29 is 0 Å². The lowest BCUT2D eigenvalue weighted by Gasteiger charge is -2.10. The van der Waals surface area contributed by atoms with Crippen molar-refractivity contribution in [3.05, 3.63) is 20.8 Å². The van der Waals surface area contributed by atoms with Gasteiger partial charge in [-0.15, -0.1) is 16.4 Å². The summed E-state index contributed by atoms with van der Waals surface area (Å²) in [5, 5.41) is 6.16. The Hall–Kier alpha value is -1.38. The van der Waals surface area contributed by atoms with E-state index in [0.29, 0.717) is 5.78 Å². The zero-order valence-corrected chi connectivity index (χ0v) is 15.8. The number of aryl methyl sites for hydroxylation is 2. The number of rotatable bonds is 4. The molecule has 0 atom stereocenters. The molecule has 3 heterocycles. The van der Waals surface area contributed by atoms with Crippen LogP contribution in [0.1, 0.15) is 23.3 Å². The fraction of sp³-hybridized carbons (Fsp3) is 0.562. The number of thioether (sulfide) groups is 1. The summed E-state index contributed by atoms with van der Waals surface area (Å²) in [7, 11) is 4.07. The summed E-state index contributed by atoms with van der Waals surface area (Å²) < 4.78 is 3.57. The number of fused-ring (bicyclic) bond motifs is 4. The summed E-state index contributed by atoms with van der Waals surface area (Å²) in [5.41, 5.74) is 1.29. The summed E-state index contributed by atoms with van der Waals surface area (Å²) in [6.07, 6.45) is 6.42. The third kappa shape index (κ3) is 2.48. The van der Waals surface area contributed by atoms with E-state index >= 15 is 0 Å². The lowest BCUT2D eigenvalue weighted by molar-refractivity contribution is 0.374. The van der Waals surface area contributed by atoms with E-state index in [1.165, 1.54) is 35.0 Å². The van der Waals surface area contributed by atoms with Crippen molar-refractivity contribution >= 4 is 39.1 Å². The van der Waals surface area contributed by atoms with Gasteiger partial charge in [0.2, 0.25) is 5.78 Å². The second kappa shape index (κ2) is 6.16. The van der Waals surface area contributed by atoms with Crippen molar-refractivity contribution in [3.8, 4) is 0 Å². The minimum absolute atomic E-state index is 0.0508. The van der Waals surface area contributed by atoms with E-state index in [0.717, 1.165) is 41.3 Å². The average Bonchev–Trinajstić information content (AvgIpc) is 3.11. The second-order valence-corrected chi connectivity index (χ2v) is 8.31. The molecule has 1 aliphatic carbocycles. The van der Waals surface area contributed by atoms with Crippen LogP contribution in [0.15, 0.2) is 9.95 Å². The molecule has 6 nitrogen and oxygen atoms in total. The first-order chi connectivity index (χ1) is 11.6. The van der Waals surface area contributed by atoms with Gasteiger partial charge in [0.05, 0.1) is 11.9 Å². The van der Waals surface area contributed by atoms with Crippen molar-refractivity contribution in [2.24, 2.45) is 0 Å². The molecule has 0 unspecified atom stereocenters. The molecule has 1 aliphatic rings. The Morgan fingerprint density at radius 1 is 1.29 bits per heavy atom. The third-order valence-electron chi connectivity index (χ3n) is 4.54. The molecule has 0 amide bonds. The highest BCUT2D eigenvalue weighted by Crippen LogP contribution is 2.34. The molecular formula is C16H21N5OS2. The number of hydrogen-bond donors (Lipinski definition) is 0. The minimum Gasteiger partial charge on any atom is -0.308 e. The molecule has 128 valence electrons. The Balaban J connectivity index is 1.98. The van der Waals surface area contributed by atoms with Crippen LogP contribution in [-0.2, 0) is 19.4 Å². The van der Waals surface area contributed by atoms with Gasteiger partial charge in [-0.3, -0.25) is 4.79 Å². The first-order valence-electron chi connectivity index (χ1n) is 8.22. The standard InChI is InChI=1S/C16H21N5OS2/c1-19(2)8-9-20-15-17-13-12(10-6-4-5-7-11(10)24-13)14(22)21(15)16(18-20)23-3/h4-9H2,1-3H3. The van der Waals surface area contributed by atoms with Crippen LogP contribution >= 0.6 is 23.1 Å². The summed E-state index contributed by atoms with van der Waals surface area (Å²) in [6, 6.07) is 0. The summed E-state index contributed by atoms with van der Waals surface area (Å²) in [4.78, 5) is 22.4. The SMILES string of the molecule is CSc1nn(CCN(C)C)c2nc3sc4c(c3c(=O)n12)CCCC4. The Morgan fingerprint density at radius 3 is 2.83 bits per heavy atom. The molecule has 0 N–H and O–H groups in total. The topological polar surface area (TPSA) is 55.4 Å². The first-order valence-corrected chi connectivity index (χ1v) is 10.3. The first kappa shape index (κ1) is 16.1. The molecule has 3 aromatic heterocycles. The van der Waals surface area contributed by atoms with Gasteiger partial charge in [0, 0.05) is 11.4 Å². The molecule has 0 spiro atoms. The molecule has 8 heteroatoms. The molecule has 0 bridgehead atoms. The maximum atomic E-state index is 13.2. The van der Waals surface area contributed by atoms with Crippen LogP contribution in [0.3, 0.4) is 0 Å². The maximum Gasteiger partial charge on any atom is 0.270 e. The van der Waals surface area contributed by atoms with E-state index in [9.17, 15) is 4.79 Å². The van der Waals surface area contributed by atoms with Crippen LogP contribution in [0.5, 0.6) is 0 Å². The predicted octanol–water partition coefficient (Wildman–Crippen LogP) is 2.27. The molecule has 0 fully saturated rings. The van der Waals surface area contributed by atoms with E-state index in [2.05, 4.69) is 10.00 Å². The minimum atomic E-state index is 0.0508. The van der Waals surface area contributed by atoms with Gasteiger partial charge in [-0.25, -0.2) is 14.1 Å². The van der Waals surface area contributed by atoms with Crippen molar-refractivity contribution in [2.75, 3.05) is 26.9 Å². The summed E-state index contributed by atoms with van der Waals surface area (Å²) in [6.45, 7) is 1.58. The van der Waals surface area contributed by atoms with Crippen LogP contribution in [0.4, 0.5) is 0 Å². The van der Waals surface area contributed by atoms with Gasteiger partial charge in [-0.05, 0) is 51.6 Å². The molecule has 4 rings (SSSR count). The molecule has 0 aliphatic heterocycles. The predicted molar refractivity (Wildman–Crippen MR) is 99.6 cm³/mol. The van der Waals surface area contributed by atoms with Crippen LogP contribution in [0, 0.1) is 0 Å². The largest absolute Gasteiger partial charge is 0.308 e. The zero-order chi connectivity index (χ0) is 16.8. The lowest BCUT2D eigenvalue weighted by atomic mass is 9.97. The van der Waals surface area contributed by atoms with Gasteiger partial charge in [-0.1, -0.05) is 11.8 Å². The Bertz CT molecular complexity index is 969. The highest BCUT2D eigenvalue weighted by Gasteiger charge is 2.23. The van der Waals surface area contributed by atoms with E-state index in [1.54, 1.807) is 15.7 Å². The second-order valence-electron chi connectivity index (χ2n) is 6.46. The monoisotopic (exact) mass is 363 g/mol. The molecule has 24 heavy (non-hydrogen) atoms. The molecule has 3 aromatic rings. The van der Waals surface area contributed by atoms with Gasteiger partial charge < -0.3 is 4.90 Å². The highest BCUT2D eigenvalue weighted by molar-refractivity contribution is 7.98. The molecule has 0 saturated heterocycles. The highest BCUT2D eigenvalue weighted by atomic mass is 32.2. The quantitative estimate of drug-likeness (QED) is 0.666. The number of nitrogens with zero attached hydrogens (tertiary/aromatic N) is 5. The van der Waals surface area contributed by atoms with Gasteiger partial charge in [-0.2, -0.15) is 0 Å². The molecular weight excluding hydrogens is 342 g/mol. The van der Waals surface area contributed by atoms with Crippen molar-refractivity contribution in [3.63, 3.8) is 0 Å². The number of likely N-dealkylation sites (N-methyl/N-ethyl adjacent to an activating group) is 1. The van der Waals surface area contributed by atoms with Gasteiger partial charge in [0.25, 0.3) is 5.56 Å². The van der Waals surface area contributed by atoms with Crippen LogP contribution in [-0.4, -0.2) is 51.0 Å². The van der Waals surface area contributed by atoms with Crippen molar-refractivity contribution in [2.45, 2.75) is 37.4 Å². The Labute approximate surface area is 148 Å². The van der Waals surface area contributed by atoms with Crippen molar-refractivity contribution in [1.29, 1.82) is 0 Å². The molecule has 0 saturated carbocycles. The van der Waals surface area contributed by atoms with Crippen LogP contribution in [0.25, 0.3) is 16.0 Å². The Kier molecular flexibility index (Phi) is 4.14. The summed E-state index contributed by atoms with van der Waals surface area (Å²) in [5.74, 6) is 0.664. The number of hydrogen-bond acceptors (Lipinski definition) is 6. The van der Waals surface area contributed by atoms with E-state index < -0.39 is 0 Å². The van der Waals surface area contributed by atoms with Gasteiger partial charge >= 0.3 is 0 Å². The van der Waals surface area contributed by atoms with Crippen molar-refractivity contribution in [1.82, 2.24) is 24.1 Å². The molecule has 0 aromatic carbocycles. The van der Waals surface area contributed by atoms with E-state index in [-0.39, 0.29) is 5.56 Å². The number of thiophene rings is 1. The lowest BCUT2D eigenvalue weighted by Crippen LogP contribution is -2.20. The van der Waals surface area contributed by atoms with E-state index in [4.69, 9.17) is 4.98 Å². The Morgan fingerprint density at radius 2 is 2.08 bits per heavy atom. The fourth-order valence-corrected chi connectivity index (χ4v) is 5.08. The number of aromatic nitrogens is 4. The zero-order valence-electron chi connectivity index (χ0n) is 14.2. The fourth-order valence-electron chi connectivity index (χ4n) is 3.31. The molecule has 0 radical (unpaired) electrons. The van der Waals surface area contributed by atoms with Gasteiger partial charge in [0.1, 0.15) is 4.83 Å². The third-order valence-corrected chi connectivity index (χ3v) is 6.36. The normalized spacial score (nSPS) is 14.8. The van der Waals surface area contributed by atoms with Crippen LogP contribution < -0.4 is 5.56 Å². The van der Waals surface area contributed by atoms with E-state index in [1.807, 2.05) is 25.0 Å². The average molecular weight is 364 g/mol. The van der Waals surface area contributed by atoms with Crippen LogP contribution in [0.2, 0.25) is 0 Å². The van der Waals surface area contributed by atoms with Gasteiger partial charge in [0.15, 0.2) is 5.16 Å².